The minimum atomic E-state index is -0.254. The molecular formula is C19H19FN6. The molecule has 3 aromatic rings. The number of imidazole rings is 1. The van der Waals surface area contributed by atoms with E-state index >= 15 is 0 Å². The largest absolute Gasteiger partial charge is 0.354 e. The molecule has 7 heteroatoms. The Morgan fingerprint density at radius 2 is 1.88 bits per heavy atom. The topological polar surface area (TPSA) is 61.0 Å². The first-order valence-corrected chi connectivity index (χ1v) is 8.67. The van der Waals surface area contributed by atoms with Crippen molar-refractivity contribution in [3.05, 3.63) is 54.2 Å². The lowest BCUT2D eigenvalue weighted by Crippen LogP contribution is -2.47. The van der Waals surface area contributed by atoms with Gasteiger partial charge in [0.2, 0.25) is 0 Å². The Labute approximate surface area is 151 Å². The number of benzene rings is 1. The van der Waals surface area contributed by atoms with E-state index in [0.717, 1.165) is 50.6 Å². The molecule has 0 amide bonds. The first-order chi connectivity index (χ1) is 12.7. The molecule has 132 valence electrons. The second-order valence-electron chi connectivity index (χ2n) is 6.42. The fraction of sp³-hybridized carbons (Fsp3) is 0.316. The number of anilines is 1. The molecule has 0 N–H and O–H groups in total. The summed E-state index contributed by atoms with van der Waals surface area (Å²) in [5, 5.41) is 8.86. The highest BCUT2D eigenvalue weighted by Gasteiger charge is 2.18. The molecule has 1 aliphatic heterocycles. The fourth-order valence-corrected chi connectivity index (χ4v) is 3.30. The molecule has 0 atom stereocenters. The Hall–Kier alpha value is -2.98. The van der Waals surface area contributed by atoms with Crippen molar-refractivity contribution in [1.29, 1.82) is 5.26 Å². The van der Waals surface area contributed by atoms with E-state index in [4.69, 9.17) is 5.26 Å². The van der Waals surface area contributed by atoms with E-state index in [2.05, 4.69) is 30.4 Å². The van der Waals surface area contributed by atoms with Crippen LogP contribution in [0.4, 0.5) is 10.2 Å². The van der Waals surface area contributed by atoms with Crippen molar-refractivity contribution in [2.75, 3.05) is 37.6 Å². The average molecular weight is 350 g/mol. The maximum atomic E-state index is 13.3. The molecule has 0 radical (unpaired) electrons. The highest BCUT2D eigenvalue weighted by Crippen LogP contribution is 2.16. The summed E-state index contributed by atoms with van der Waals surface area (Å²) < 4.78 is 15.3. The van der Waals surface area contributed by atoms with Crippen molar-refractivity contribution in [2.24, 2.45) is 0 Å². The van der Waals surface area contributed by atoms with Gasteiger partial charge in [-0.25, -0.2) is 14.4 Å². The number of pyridine rings is 1. The van der Waals surface area contributed by atoms with Crippen LogP contribution in [0.1, 0.15) is 5.56 Å². The zero-order valence-corrected chi connectivity index (χ0v) is 14.3. The van der Waals surface area contributed by atoms with Gasteiger partial charge >= 0.3 is 0 Å². The number of nitriles is 1. The van der Waals surface area contributed by atoms with E-state index in [1.807, 2.05) is 12.1 Å². The molecule has 2 aromatic heterocycles. The quantitative estimate of drug-likeness (QED) is 0.722. The molecule has 1 aromatic carbocycles. The second kappa shape index (κ2) is 7.10. The molecule has 26 heavy (non-hydrogen) atoms. The van der Waals surface area contributed by atoms with Gasteiger partial charge in [0.1, 0.15) is 17.7 Å². The number of hydrogen-bond acceptors (Lipinski definition) is 5. The van der Waals surface area contributed by atoms with Crippen molar-refractivity contribution in [2.45, 2.75) is 6.54 Å². The predicted octanol–water partition coefficient (Wildman–Crippen LogP) is 2.26. The normalized spacial score (nSPS) is 15.3. The van der Waals surface area contributed by atoms with E-state index in [1.165, 1.54) is 12.1 Å². The van der Waals surface area contributed by atoms with Crippen LogP contribution >= 0.6 is 0 Å². The van der Waals surface area contributed by atoms with E-state index in [0.29, 0.717) is 11.1 Å². The Balaban J connectivity index is 1.32. The third-order valence-electron chi connectivity index (χ3n) is 4.81. The predicted molar refractivity (Wildman–Crippen MR) is 97.3 cm³/mol. The van der Waals surface area contributed by atoms with E-state index in [1.54, 1.807) is 18.6 Å². The lowest BCUT2D eigenvalue weighted by Gasteiger charge is -2.35. The maximum Gasteiger partial charge on any atom is 0.128 e. The van der Waals surface area contributed by atoms with Crippen molar-refractivity contribution < 1.29 is 4.39 Å². The molecular weight excluding hydrogens is 331 g/mol. The minimum absolute atomic E-state index is 0.254. The van der Waals surface area contributed by atoms with E-state index < -0.39 is 0 Å². The van der Waals surface area contributed by atoms with Gasteiger partial charge in [-0.1, -0.05) is 0 Å². The first-order valence-electron chi connectivity index (χ1n) is 8.67. The van der Waals surface area contributed by atoms with Crippen LogP contribution in [-0.4, -0.2) is 52.2 Å². The number of piperazine rings is 1. The van der Waals surface area contributed by atoms with Crippen LogP contribution in [0.15, 0.2) is 42.9 Å². The van der Waals surface area contributed by atoms with Crippen LogP contribution in [0.25, 0.3) is 11.0 Å². The molecule has 1 fully saturated rings. The number of aromatic nitrogens is 3. The van der Waals surface area contributed by atoms with Gasteiger partial charge in [-0.15, -0.1) is 0 Å². The molecule has 0 spiro atoms. The van der Waals surface area contributed by atoms with Crippen LogP contribution in [-0.2, 0) is 6.54 Å². The van der Waals surface area contributed by atoms with Crippen molar-refractivity contribution in [1.82, 2.24) is 19.4 Å². The Morgan fingerprint density at radius 1 is 1.04 bits per heavy atom. The maximum absolute atomic E-state index is 13.3. The zero-order chi connectivity index (χ0) is 17.9. The summed E-state index contributed by atoms with van der Waals surface area (Å²) in [5.41, 5.74) is 2.24. The van der Waals surface area contributed by atoms with Gasteiger partial charge in [0.05, 0.1) is 22.9 Å². The fourth-order valence-electron chi connectivity index (χ4n) is 3.30. The Kier molecular flexibility index (Phi) is 4.50. The molecule has 0 bridgehead atoms. The number of rotatable bonds is 4. The number of nitrogens with zero attached hydrogens (tertiary/aromatic N) is 6. The van der Waals surface area contributed by atoms with Gasteiger partial charge in [0.15, 0.2) is 0 Å². The van der Waals surface area contributed by atoms with E-state index in [9.17, 15) is 4.39 Å². The first kappa shape index (κ1) is 16.5. The zero-order valence-electron chi connectivity index (χ0n) is 14.3. The second-order valence-corrected chi connectivity index (χ2v) is 6.42. The lowest BCUT2D eigenvalue weighted by molar-refractivity contribution is 0.248. The number of fused-ring (bicyclic) bond motifs is 1. The summed E-state index contributed by atoms with van der Waals surface area (Å²) >= 11 is 0. The van der Waals surface area contributed by atoms with Gasteiger partial charge < -0.3 is 9.47 Å². The Morgan fingerprint density at radius 3 is 2.62 bits per heavy atom. The SMILES string of the molecule is N#Cc1ccc(N2CCN(CCn3cnc4cc(F)ccc43)CC2)nc1. The van der Waals surface area contributed by atoms with Crippen molar-refractivity contribution in [3.63, 3.8) is 0 Å². The molecule has 6 nitrogen and oxygen atoms in total. The summed E-state index contributed by atoms with van der Waals surface area (Å²) in [7, 11) is 0. The van der Waals surface area contributed by atoms with Crippen molar-refractivity contribution in [3.8, 4) is 6.07 Å². The molecule has 0 saturated carbocycles. The molecule has 3 heterocycles. The van der Waals surface area contributed by atoms with Gasteiger partial charge in [0, 0.05) is 51.5 Å². The van der Waals surface area contributed by atoms with Gasteiger partial charge in [-0.3, -0.25) is 4.90 Å². The Bertz CT molecular complexity index is 935. The van der Waals surface area contributed by atoms with Crippen LogP contribution < -0.4 is 4.90 Å². The summed E-state index contributed by atoms with van der Waals surface area (Å²) in [6.07, 6.45) is 3.40. The average Bonchev–Trinajstić information content (AvgIpc) is 3.09. The standard InChI is InChI=1S/C19H19FN6/c20-16-2-3-18-17(11-16)23-14-26(18)10-7-24-5-8-25(9-6-24)19-4-1-15(12-21)13-22-19/h1-4,11,13-14H,5-10H2. The number of hydrogen-bond donors (Lipinski definition) is 0. The molecule has 0 aliphatic carbocycles. The monoisotopic (exact) mass is 350 g/mol. The number of halogens is 1. The summed E-state index contributed by atoms with van der Waals surface area (Å²) in [6.45, 7) is 5.50. The molecule has 1 saturated heterocycles. The van der Waals surface area contributed by atoms with Crippen LogP contribution in [0.5, 0.6) is 0 Å². The summed E-state index contributed by atoms with van der Waals surface area (Å²) in [6, 6.07) is 10.5. The molecule has 1 aliphatic rings. The highest BCUT2D eigenvalue weighted by atomic mass is 19.1. The van der Waals surface area contributed by atoms with Gasteiger partial charge in [-0.2, -0.15) is 5.26 Å². The minimum Gasteiger partial charge on any atom is -0.354 e. The smallest absolute Gasteiger partial charge is 0.128 e. The van der Waals surface area contributed by atoms with Gasteiger partial charge in [0.25, 0.3) is 0 Å². The summed E-state index contributed by atoms with van der Waals surface area (Å²) in [4.78, 5) is 13.3. The van der Waals surface area contributed by atoms with Crippen LogP contribution in [0.3, 0.4) is 0 Å². The lowest BCUT2D eigenvalue weighted by atomic mass is 10.2. The van der Waals surface area contributed by atoms with Crippen LogP contribution in [0, 0.1) is 17.1 Å². The highest BCUT2D eigenvalue weighted by molar-refractivity contribution is 5.75. The van der Waals surface area contributed by atoms with Crippen molar-refractivity contribution >= 4 is 16.9 Å². The van der Waals surface area contributed by atoms with Gasteiger partial charge in [-0.05, 0) is 24.3 Å². The third-order valence-corrected chi connectivity index (χ3v) is 4.81. The van der Waals surface area contributed by atoms with E-state index in [-0.39, 0.29) is 5.82 Å². The third kappa shape index (κ3) is 3.37. The summed E-state index contributed by atoms with van der Waals surface area (Å²) in [5.74, 6) is 0.668. The molecule has 0 unspecified atom stereocenters. The molecule has 4 rings (SSSR count). The van der Waals surface area contributed by atoms with Crippen LogP contribution in [0.2, 0.25) is 0 Å².